The Hall–Kier alpha value is -7.59. The van der Waals surface area contributed by atoms with E-state index in [9.17, 15) is 23.2 Å². The van der Waals surface area contributed by atoms with Crippen molar-refractivity contribution in [2.24, 2.45) is 0 Å². The highest BCUT2D eigenvalue weighted by molar-refractivity contribution is 9.10. The molecular formula is C50H57BrF2N14O5. The highest BCUT2D eigenvalue weighted by Crippen LogP contribution is 2.40. The minimum atomic E-state index is -0.417. The Morgan fingerprint density at radius 2 is 1.78 bits per heavy atom. The number of H-pyrrole nitrogens is 1. The van der Waals surface area contributed by atoms with E-state index in [2.05, 4.69) is 89.1 Å². The summed E-state index contributed by atoms with van der Waals surface area (Å²) in [6.07, 6.45) is 6.74. The van der Waals surface area contributed by atoms with Gasteiger partial charge in [-0.3, -0.25) is 14.4 Å². The zero-order valence-electron chi connectivity index (χ0n) is 40.9. The fourth-order valence-corrected chi connectivity index (χ4v) is 8.15. The van der Waals surface area contributed by atoms with Gasteiger partial charge in [0.25, 0.3) is 5.91 Å². The van der Waals surface area contributed by atoms with E-state index in [1.54, 1.807) is 35.8 Å². The fourth-order valence-electron chi connectivity index (χ4n) is 7.80. The van der Waals surface area contributed by atoms with Gasteiger partial charge in [0.05, 0.1) is 47.0 Å². The first-order chi connectivity index (χ1) is 34.6. The van der Waals surface area contributed by atoms with E-state index in [-0.39, 0.29) is 42.8 Å². The molecule has 72 heavy (non-hydrogen) atoms. The van der Waals surface area contributed by atoms with Crippen LogP contribution in [0.2, 0.25) is 0 Å². The largest absolute Gasteiger partial charge is 0.486 e. The molecule has 0 radical (unpaired) electrons. The number of amides is 2. The van der Waals surface area contributed by atoms with Gasteiger partial charge in [-0.15, -0.1) is 0 Å². The van der Waals surface area contributed by atoms with Crippen LogP contribution in [0.1, 0.15) is 57.2 Å². The number of halogens is 3. The molecule has 3 aromatic carbocycles. The molecule has 22 heteroatoms. The summed E-state index contributed by atoms with van der Waals surface area (Å²) in [4.78, 5) is 64.5. The quantitative estimate of drug-likeness (QED) is 0.0562. The SMILES string of the molecule is C=C(COC)C(=O)N(C)CCOc1c(N)ncnc1-c1cc(F)cc(NC)c1C.Cc1cc2nc(CNc3nc(N4CCN(C=O)CC4)nc4c(Br)cnn34)[nH]c2cc1C.O=Cc1ccc(C2CC2)cc1F. The van der Waals surface area contributed by atoms with E-state index in [1.807, 2.05) is 13.0 Å². The zero-order chi connectivity index (χ0) is 51.6. The van der Waals surface area contributed by atoms with E-state index in [0.29, 0.717) is 85.0 Å². The second kappa shape index (κ2) is 23.5. The highest BCUT2D eigenvalue weighted by Gasteiger charge is 2.25. The first-order valence-corrected chi connectivity index (χ1v) is 23.9. The maximum Gasteiger partial charge on any atom is 0.251 e. The molecule has 2 amide bonds. The van der Waals surface area contributed by atoms with Gasteiger partial charge in [0.2, 0.25) is 18.3 Å². The van der Waals surface area contributed by atoms with E-state index >= 15 is 0 Å². The number of benzene rings is 3. The minimum absolute atomic E-state index is 0.127. The van der Waals surface area contributed by atoms with Gasteiger partial charge < -0.3 is 45.5 Å². The fraction of sp³-hybridized carbons (Fsp3) is 0.340. The minimum Gasteiger partial charge on any atom is -0.486 e. The van der Waals surface area contributed by atoms with Crippen LogP contribution in [0.5, 0.6) is 5.75 Å². The number of anilines is 4. The third-order valence-electron chi connectivity index (χ3n) is 12.2. The number of aromatic nitrogens is 8. The number of carbonyl (C=O) groups is 3. The number of nitrogen functional groups attached to an aromatic ring is 1. The maximum absolute atomic E-state index is 14.1. The first-order valence-electron chi connectivity index (χ1n) is 23.1. The molecule has 5 heterocycles. The van der Waals surface area contributed by atoms with Crippen molar-refractivity contribution in [2.45, 2.75) is 46.1 Å². The van der Waals surface area contributed by atoms with Gasteiger partial charge >= 0.3 is 0 Å². The lowest BCUT2D eigenvalue weighted by Gasteiger charge is -2.32. The number of methoxy groups -OCH3 is 1. The van der Waals surface area contributed by atoms with Crippen molar-refractivity contribution in [3.63, 3.8) is 0 Å². The molecule has 9 rings (SSSR count). The number of ether oxygens (including phenoxy) is 2. The number of rotatable bonds is 16. The number of aromatic amines is 1. The number of hydrogen-bond acceptors (Lipinski definition) is 15. The lowest BCUT2D eigenvalue weighted by Crippen LogP contribution is -2.46. The number of aryl methyl sites for hydroxylation is 2. The molecule has 2 aliphatic rings. The van der Waals surface area contributed by atoms with Crippen LogP contribution >= 0.6 is 15.9 Å². The molecule has 5 N–H and O–H groups in total. The van der Waals surface area contributed by atoms with Crippen molar-refractivity contribution in [1.82, 2.24) is 49.3 Å². The van der Waals surface area contributed by atoms with Gasteiger partial charge in [-0.2, -0.15) is 19.6 Å². The summed E-state index contributed by atoms with van der Waals surface area (Å²) in [7, 11) is 4.84. The van der Waals surface area contributed by atoms with E-state index < -0.39 is 11.6 Å². The molecule has 2 fully saturated rings. The predicted molar refractivity (Wildman–Crippen MR) is 275 cm³/mol. The average Bonchev–Trinajstić information content (AvgIpc) is 4.06. The summed E-state index contributed by atoms with van der Waals surface area (Å²) in [5.41, 5.74) is 14.9. The summed E-state index contributed by atoms with van der Waals surface area (Å²) >= 11 is 3.52. The molecule has 1 saturated carbocycles. The van der Waals surface area contributed by atoms with Gasteiger partial charge in [-0.05, 0) is 114 Å². The van der Waals surface area contributed by atoms with Crippen molar-refractivity contribution in [1.29, 1.82) is 0 Å². The molecule has 0 unspecified atom stereocenters. The third-order valence-corrected chi connectivity index (χ3v) is 12.7. The van der Waals surface area contributed by atoms with Gasteiger partial charge in [-0.25, -0.2) is 23.7 Å². The topological polar surface area (TPSA) is 227 Å². The molecule has 0 spiro atoms. The molecular weight excluding hydrogens is 995 g/mol. The molecule has 1 saturated heterocycles. The van der Waals surface area contributed by atoms with Gasteiger partial charge in [0.1, 0.15) is 36.1 Å². The van der Waals surface area contributed by atoms with Crippen LogP contribution in [0.3, 0.4) is 0 Å². The number of carbonyl (C=O) groups excluding carboxylic acids is 3. The molecule has 1 aliphatic carbocycles. The normalized spacial score (nSPS) is 13.2. The van der Waals surface area contributed by atoms with Crippen LogP contribution in [0.15, 0.2) is 71.6 Å². The average molecular weight is 1050 g/mol. The van der Waals surface area contributed by atoms with Crippen LogP contribution in [0.4, 0.5) is 32.2 Å². The number of fused-ring (bicyclic) bond motifs is 2. The Morgan fingerprint density at radius 3 is 2.46 bits per heavy atom. The summed E-state index contributed by atoms with van der Waals surface area (Å²) in [6, 6.07) is 11.8. The van der Waals surface area contributed by atoms with Gasteiger partial charge in [0, 0.05) is 64.2 Å². The van der Waals surface area contributed by atoms with Crippen LogP contribution in [0.25, 0.3) is 27.9 Å². The van der Waals surface area contributed by atoms with Crippen molar-refractivity contribution >= 4 is 74.6 Å². The second-order valence-corrected chi connectivity index (χ2v) is 18.1. The Bertz CT molecular complexity index is 3060. The standard InChI is InChI=1S/C20H22BrN9O.C20H26FN5O3.C10H9FO/c1-12-7-15-16(8-13(12)2)25-17(24-15)10-22-19-27-20(26-18-14(21)9-23-30(18)19)29-5-3-28(11-31)4-6-29;1-12(10-28-5)20(27)26(4)6-7-29-18-17(24-11-25-19(18)22)15-8-14(21)9-16(23-3)13(15)2;11-10-5-8(7-1-2-7)3-4-9(10)6-12/h7-9,11H,3-6,10H2,1-2H3,(H,24,25)(H,22,26,27);8-9,11,23H,1,6-7,10H2,2-5H3,(H2,22,24,25);3-7H,1-2H2. The second-order valence-electron chi connectivity index (χ2n) is 17.3. The Morgan fingerprint density at radius 1 is 1.03 bits per heavy atom. The van der Waals surface area contributed by atoms with Crippen LogP contribution in [0, 0.1) is 32.4 Å². The predicted octanol–water partition coefficient (Wildman–Crippen LogP) is 7.04. The monoisotopic (exact) mass is 1050 g/mol. The summed E-state index contributed by atoms with van der Waals surface area (Å²) in [5, 5.41) is 10.7. The smallest absolute Gasteiger partial charge is 0.251 e. The molecule has 0 atom stereocenters. The zero-order valence-corrected chi connectivity index (χ0v) is 42.5. The number of imidazole rings is 1. The van der Waals surface area contributed by atoms with E-state index in [0.717, 1.165) is 51.7 Å². The van der Waals surface area contributed by atoms with Gasteiger partial charge in [-0.1, -0.05) is 12.6 Å². The molecule has 7 aromatic rings. The number of piperazine rings is 1. The number of aldehydes is 1. The molecule has 378 valence electrons. The van der Waals surface area contributed by atoms with Crippen LogP contribution in [-0.4, -0.2) is 135 Å². The van der Waals surface area contributed by atoms with Crippen molar-refractivity contribution in [2.75, 3.05) is 88.4 Å². The maximum atomic E-state index is 14.1. The number of nitrogens with one attached hydrogen (secondary N) is 3. The van der Waals surface area contributed by atoms with E-state index in [1.165, 1.54) is 47.7 Å². The Balaban J connectivity index is 0.000000172. The number of nitrogens with two attached hydrogens (primary N) is 1. The Labute approximate surface area is 423 Å². The third kappa shape index (κ3) is 12.5. The molecule has 4 aromatic heterocycles. The molecule has 19 nitrogen and oxygen atoms in total. The summed E-state index contributed by atoms with van der Waals surface area (Å²) in [6.45, 7) is 13.4. The number of likely N-dealkylation sites (N-methyl/N-ethyl adjacent to an activating group) is 1. The van der Waals surface area contributed by atoms with Crippen molar-refractivity contribution < 1.29 is 32.6 Å². The van der Waals surface area contributed by atoms with E-state index in [4.69, 9.17) is 25.2 Å². The van der Waals surface area contributed by atoms with Crippen molar-refractivity contribution in [3.8, 4) is 17.0 Å². The number of nitrogens with zero attached hydrogens (tertiary/aromatic N) is 10. The molecule has 0 bridgehead atoms. The molecule has 1 aliphatic heterocycles. The van der Waals surface area contributed by atoms with Gasteiger partial charge in [0.15, 0.2) is 23.5 Å². The van der Waals surface area contributed by atoms with Crippen molar-refractivity contribution in [3.05, 3.63) is 117 Å². The number of hydrogen-bond donors (Lipinski definition) is 4. The summed E-state index contributed by atoms with van der Waals surface area (Å²) < 4.78 is 40.3. The van der Waals surface area contributed by atoms with Crippen LogP contribution < -0.4 is 26.0 Å². The lowest BCUT2D eigenvalue weighted by atomic mass is 10.0. The Kier molecular flexibility index (Phi) is 17.1. The highest BCUT2D eigenvalue weighted by atomic mass is 79.9. The van der Waals surface area contributed by atoms with Crippen LogP contribution in [-0.2, 0) is 20.9 Å². The summed E-state index contributed by atoms with van der Waals surface area (Å²) in [5.74, 6) is 1.86. The first kappa shape index (κ1) is 52.2. The lowest BCUT2D eigenvalue weighted by molar-refractivity contribution is -0.126.